The third-order valence-electron chi connectivity index (χ3n) is 7.98. The fraction of sp³-hybridized carbons (Fsp3) is 0.444. The zero-order chi connectivity index (χ0) is 41.1. The number of hydrogen-bond acceptors (Lipinski definition) is 10. The van der Waals surface area contributed by atoms with Crippen LogP contribution >= 0.6 is 30.9 Å². The van der Waals surface area contributed by atoms with Gasteiger partial charge in [-0.05, 0) is 70.7 Å². The van der Waals surface area contributed by atoms with Gasteiger partial charge in [0.2, 0.25) is 5.91 Å². The fourth-order valence-corrected chi connectivity index (χ4v) is 7.85. The van der Waals surface area contributed by atoms with Crippen molar-refractivity contribution in [1.29, 1.82) is 5.41 Å². The highest BCUT2D eigenvalue weighted by molar-refractivity contribution is 7.54. The smallest absolute Gasteiger partial charge is 0.408 e. The molecule has 0 aromatic heterocycles. The number of carbonyl (C=O) groups is 5. The highest BCUT2D eigenvalue weighted by atomic mass is 35.5. The summed E-state index contributed by atoms with van der Waals surface area (Å²) in [5, 5.41) is 21.7. The van der Waals surface area contributed by atoms with Gasteiger partial charge in [0.1, 0.15) is 29.1 Å². The summed E-state index contributed by atoms with van der Waals surface area (Å²) in [6, 6.07) is 10.3. The van der Waals surface area contributed by atoms with Crippen molar-refractivity contribution in [3.05, 3.63) is 76.0 Å². The summed E-state index contributed by atoms with van der Waals surface area (Å²) >= 11 is 12.5. The molecule has 4 amide bonds. The predicted octanol–water partition coefficient (Wildman–Crippen LogP) is 5.17. The SMILES string of the molecule is COC(=O)[C@H](C)NP(=O)(Oc1ccccc1)N1CCC(NC(=O)C(=N)/C(=C\NC(=O)[C@@H](NC(=O)OC(C)(C)C)C(C)C)NC(=O)c2c(Cl)cccc2Cl)CC1. The van der Waals surface area contributed by atoms with Crippen LogP contribution < -0.4 is 30.9 Å². The highest BCUT2D eigenvalue weighted by Crippen LogP contribution is 2.48. The van der Waals surface area contributed by atoms with Gasteiger partial charge in [0.05, 0.1) is 28.4 Å². The number of rotatable bonds is 15. The Morgan fingerprint density at radius 3 is 2.11 bits per heavy atom. The van der Waals surface area contributed by atoms with E-state index in [0.29, 0.717) is 5.75 Å². The van der Waals surface area contributed by atoms with Gasteiger partial charge in [-0.1, -0.05) is 61.3 Å². The van der Waals surface area contributed by atoms with Crippen LogP contribution in [0.4, 0.5) is 4.79 Å². The zero-order valence-electron chi connectivity index (χ0n) is 31.7. The Hall–Kier alpha value is -4.47. The molecule has 2 aromatic carbocycles. The van der Waals surface area contributed by atoms with E-state index in [1.807, 2.05) is 0 Å². The molecule has 1 aliphatic heterocycles. The summed E-state index contributed by atoms with van der Waals surface area (Å²) in [6.45, 7) is 10.2. The van der Waals surface area contributed by atoms with E-state index >= 15 is 0 Å². The summed E-state index contributed by atoms with van der Waals surface area (Å²) in [6.07, 6.45) is 0.660. The van der Waals surface area contributed by atoms with Crippen LogP contribution in [0.25, 0.3) is 0 Å². The monoisotopic (exact) mass is 823 g/mol. The first-order valence-corrected chi connectivity index (χ1v) is 19.7. The second kappa shape index (κ2) is 19.9. The first kappa shape index (κ1) is 44.9. The van der Waals surface area contributed by atoms with Crippen molar-refractivity contribution in [1.82, 2.24) is 31.0 Å². The van der Waals surface area contributed by atoms with E-state index in [2.05, 4.69) is 26.4 Å². The average molecular weight is 825 g/mol. The summed E-state index contributed by atoms with van der Waals surface area (Å²) in [5.41, 5.74) is -2.10. The number of piperidine rings is 1. The normalized spacial score (nSPS) is 16.1. The van der Waals surface area contributed by atoms with Gasteiger partial charge in [0, 0.05) is 25.3 Å². The topological polar surface area (TPSA) is 217 Å². The number of hydrogen-bond donors (Lipinski definition) is 6. The molecule has 1 fully saturated rings. The quantitative estimate of drug-likeness (QED) is 0.0783. The Morgan fingerprint density at radius 1 is 0.964 bits per heavy atom. The lowest BCUT2D eigenvalue weighted by Crippen LogP contribution is -2.50. The predicted molar refractivity (Wildman–Crippen MR) is 208 cm³/mol. The molecule has 0 bridgehead atoms. The third kappa shape index (κ3) is 13.4. The molecule has 55 heavy (non-hydrogen) atoms. The van der Waals surface area contributed by atoms with Crippen molar-refractivity contribution < 1.29 is 42.5 Å². The molecular formula is C36H48Cl2N7O9P. The maximum atomic E-state index is 14.2. The summed E-state index contributed by atoms with van der Waals surface area (Å²) < 4.78 is 31.8. The van der Waals surface area contributed by atoms with Gasteiger partial charge in [-0.25, -0.2) is 19.1 Å². The number of carbonyl (C=O) groups excluding carboxylic acids is 5. The van der Waals surface area contributed by atoms with E-state index in [9.17, 15) is 28.5 Å². The van der Waals surface area contributed by atoms with Gasteiger partial charge in [0.25, 0.3) is 11.8 Å². The van der Waals surface area contributed by atoms with Crippen LogP contribution in [0.5, 0.6) is 5.75 Å². The Bertz CT molecular complexity index is 1790. The van der Waals surface area contributed by atoms with Gasteiger partial charge >= 0.3 is 19.7 Å². The lowest BCUT2D eigenvalue weighted by molar-refractivity contribution is -0.142. The second-order valence-corrected chi connectivity index (χ2v) is 16.7. The molecule has 16 nitrogen and oxygen atoms in total. The Morgan fingerprint density at radius 2 is 1.56 bits per heavy atom. The largest absolute Gasteiger partial charge is 0.468 e. The molecule has 3 rings (SSSR count). The van der Waals surface area contributed by atoms with Crippen molar-refractivity contribution in [3.8, 4) is 5.75 Å². The van der Waals surface area contributed by atoms with Crippen molar-refractivity contribution in [3.63, 3.8) is 0 Å². The number of nitrogens with zero attached hydrogens (tertiary/aromatic N) is 1. The third-order valence-corrected chi connectivity index (χ3v) is 10.9. The molecule has 19 heteroatoms. The second-order valence-electron chi connectivity index (χ2n) is 13.9. The van der Waals surface area contributed by atoms with Crippen LogP contribution in [-0.2, 0) is 28.4 Å². The molecule has 1 aliphatic rings. The number of amides is 4. The number of halogens is 2. The van der Waals surface area contributed by atoms with Crippen molar-refractivity contribution in [2.45, 2.75) is 78.1 Å². The molecule has 0 radical (unpaired) electrons. The number of esters is 1. The summed E-state index contributed by atoms with van der Waals surface area (Å²) in [4.78, 5) is 64.8. The molecule has 1 unspecified atom stereocenters. The molecule has 300 valence electrons. The summed E-state index contributed by atoms with van der Waals surface area (Å²) in [5.74, 6) is -3.23. The van der Waals surface area contributed by atoms with Crippen LogP contribution in [-0.4, -0.2) is 84.1 Å². The van der Waals surface area contributed by atoms with Gasteiger partial charge < -0.3 is 35.3 Å². The maximum Gasteiger partial charge on any atom is 0.408 e. The molecule has 0 aliphatic carbocycles. The lowest BCUT2D eigenvalue weighted by atomic mass is 10.0. The Labute approximate surface area is 330 Å². The van der Waals surface area contributed by atoms with E-state index in [1.165, 1.54) is 32.2 Å². The zero-order valence-corrected chi connectivity index (χ0v) is 34.1. The van der Waals surface area contributed by atoms with E-state index in [1.54, 1.807) is 69.6 Å². The first-order chi connectivity index (χ1) is 25.7. The molecule has 1 heterocycles. The van der Waals surface area contributed by atoms with Crippen molar-refractivity contribution in [2.75, 3.05) is 20.2 Å². The van der Waals surface area contributed by atoms with Crippen LogP contribution in [0.2, 0.25) is 10.0 Å². The van der Waals surface area contributed by atoms with E-state index in [-0.39, 0.29) is 41.5 Å². The molecule has 2 aromatic rings. The minimum Gasteiger partial charge on any atom is -0.468 e. The fourth-order valence-electron chi connectivity index (χ4n) is 5.19. The number of ether oxygens (including phenoxy) is 2. The van der Waals surface area contributed by atoms with Crippen LogP contribution in [0.1, 0.15) is 64.7 Å². The minimum absolute atomic E-state index is 0.00145. The van der Waals surface area contributed by atoms with Crippen LogP contribution in [0.15, 0.2) is 60.4 Å². The number of methoxy groups -OCH3 is 1. The van der Waals surface area contributed by atoms with Gasteiger partial charge in [-0.2, -0.15) is 0 Å². The first-order valence-electron chi connectivity index (χ1n) is 17.4. The minimum atomic E-state index is -3.87. The Kier molecular flexibility index (Phi) is 16.3. The Balaban J connectivity index is 1.80. The summed E-state index contributed by atoms with van der Waals surface area (Å²) in [7, 11) is -2.65. The molecular weight excluding hydrogens is 776 g/mol. The van der Waals surface area contributed by atoms with E-state index < -0.39 is 78.5 Å². The maximum absolute atomic E-state index is 14.2. The molecule has 1 saturated heterocycles. The van der Waals surface area contributed by atoms with E-state index in [4.69, 9.17) is 42.6 Å². The number of alkyl carbamates (subject to hydrolysis) is 1. The standard InChI is InChI=1S/C36H48Cl2N7O9P/c1-21(2)30(43-35(50)53-36(4,5)6)33(48)40-20-27(42-31(46)28-25(37)14-11-15-26(28)38)29(39)32(47)41-23-16-18-45(19-17-23)55(51,44-22(3)34(49)52-7)54-24-12-9-8-10-13-24/h8-15,20-23,30,39H,16-19H2,1-7H3,(H,40,48)(H,41,47)(H,42,46)(H,43,50)(H,44,51)/b27-20+,39-29?/t22-,30-,55?/m0/s1. The number of nitrogens with one attached hydrogen (secondary N) is 6. The van der Waals surface area contributed by atoms with Gasteiger partial charge in [-0.3, -0.25) is 24.6 Å². The van der Waals surface area contributed by atoms with Crippen LogP contribution in [0.3, 0.4) is 0 Å². The van der Waals surface area contributed by atoms with Crippen LogP contribution in [0, 0.1) is 11.3 Å². The molecule has 0 saturated carbocycles. The molecule has 0 spiro atoms. The van der Waals surface area contributed by atoms with E-state index in [0.717, 1.165) is 6.20 Å². The van der Waals surface area contributed by atoms with Crippen molar-refractivity contribution >= 4 is 66.4 Å². The van der Waals surface area contributed by atoms with Gasteiger partial charge in [0.15, 0.2) is 0 Å². The average Bonchev–Trinajstić information content (AvgIpc) is 3.11. The van der Waals surface area contributed by atoms with Gasteiger partial charge in [-0.15, -0.1) is 0 Å². The van der Waals surface area contributed by atoms with Crippen molar-refractivity contribution in [2.24, 2.45) is 5.92 Å². The highest BCUT2D eigenvalue weighted by Gasteiger charge is 2.39. The molecule has 3 atom stereocenters. The lowest BCUT2D eigenvalue weighted by Gasteiger charge is -2.37. The number of para-hydroxylation sites is 1. The molecule has 6 N–H and O–H groups in total. The number of benzene rings is 2.